The molecule has 20 heavy (non-hydrogen) atoms. The van der Waals surface area contributed by atoms with Crippen molar-refractivity contribution >= 4 is 11.3 Å². The smallest absolute Gasteiger partial charge is 0.124 e. The molecule has 0 radical (unpaired) electrons. The molecule has 1 aliphatic carbocycles. The van der Waals surface area contributed by atoms with E-state index in [0.29, 0.717) is 17.7 Å². The van der Waals surface area contributed by atoms with Crippen molar-refractivity contribution in [1.29, 1.82) is 0 Å². The van der Waals surface area contributed by atoms with Crippen LogP contribution in [-0.4, -0.2) is 16.1 Å². The lowest BCUT2D eigenvalue weighted by atomic mass is 10.2. The summed E-state index contributed by atoms with van der Waals surface area (Å²) in [4.78, 5) is 6.18. The van der Waals surface area contributed by atoms with Crippen LogP contribution in [0.15, 0.2) is 24.3 Å². The van der Waals surface area contributed by atoms with Crippen LogP contribution in [0, 0.1) is 0 Å². The Morgan fingerprint density at radius 3 is 2.85 bits per heavy atom. The first-order valence-electron chi connectivity index (χ1n) is 7.16. The molecule has 4 heteroatoms. The summed E-state index contributed by atoms with van der Waals surface area (Å²) in [5.74, 6) is 0.953. The number of hydrogen-bond donors (Lipinski definition) is 2. The average Bonchev–Trinajstić information content (AvgIpc) is 3.16. The highest BCUT2D eigenvalue weighted by Crippen LogP contribution is 2.44. The second-order valence-corrected chi connectivity index (χ2v) is 6.77. The lowest BCUT2D eigenvalue weighted by Gasteiger charge is -2.07. The largest absolute Gasteiger partial charge is 0.508 e. The molecule has 3 rings (SSSR count). The molecule has 106 valence electrons. The second kappa shape index (κ2) is 5.54. The first kappa shape index (κ1) is 13.6. The van der Waals surface area contributed by atoms with Gasteiger partial charge in [-0.1, -0.05) is 26.0 Å². The van der Waals surface area contributed by atoms with Gasteiger partial charge in [0.1, 0.15) is 10.8 Å². The first-order valence-corrected chi connectivity index (χ1v) is 7.97. The molecule has 0 bridgehead atoms. The maximum atomic E-state index is 9.61. The molecule has 0 amide bonds. The van der Waals surface area contributed by atoms with Crippen molar-refractivity contribution in [3.05, 3.63) is 34.8 Å². The summed E-state index contributed by atoms with van der Waals surface area (Å²) < 4.78 is 0. The number of nitrogens with one attached hydrogen (secondary N) is 1. The van der Waals surface area contributed by atoms with Crippen molar-refractivity contribution in [3.8, 4) is 16.3 Å². The molecule has 0 spiro atoms. The number of hydrogen-bond acceptors (Lipinski definition) is 4. The van der Waals surface area contributed by atoms with Crippen LogP contribution in [0.2, 0.25) is 0 Å². The van der Waals surface area contributed by atoms with Crippen molar-refractivity contribution in [2.24, 2.45) is 0 Å². The van der Waals surface area contributed by atoms with Crippen LogP contribution in [0.3, 0.4) is 0 Å². The first-order chi connectivity index (χ1) is 9.63. The van der Waals surface area contributed by atoms with E-state index in [9.17, 15) is 5.11 Å². The summed E-state index contributed by atoms with van der Waals surface area (Å²) >= 11 is 1.75. The summed E-state index contributed by atoms with van der Waals surface area (Å²) in [5.41, 5.74) is 2.27. The molecule has 0 saturated heterocycles. The highest BCUT2D eigenvalue weighted by Gasteiger charge is 2.29. The monoisotopic (exact) mass is 288 g/mol. The highest BCUT2D eigenvalue weighted by molar-refractivity contribution is 7.15. The Labute approximate surface area is 123 Å². The zero-order chi connectivity index (χ0) is 14.1. The van der Waals surface area contributed by atoms with Crippen LogP contribution in [0.4, 0.5) is 0 Å². The minimum Gasteiger partial charge on any atom is -0.508 e. The maximum absolute atomic E-state index is 9.61. The molecule has 1 aromatic heterocycles. The van der Waals surface area contributed by atoms with Crippen LogP contribution < -0.4 is 5.32 Å². The van der Waals surface area contributed by atoms with Gasteiger partial charge in [0.25, 0.3) is 0 Å². The van der Waals surface area contributed by atoms with Gasteiger partial charge in [0, 0.05) is 28.9 Å². The third kappa shape index (κ3) is 3.02. The van der Waals surface area contributed by atoms with Gasteiger partial charge in [0.2, 0.25) is 0 Å². The molecule has 3 nitrogen and oxygen atoms in total. The zero-order valence-electron chi connectivity index (χ0n) is 11.9. The number of aromatic hydroxyl groups is 1. The summed E-state index contributed by atoms with van der Waals surface area (Å²) in [6, 6.07) is 7.84. The quantitative estimate of drug-likeness (QED) is 0.877. The van der Waals surface area contributed by atoms with Crippen molar-refractivity contribution in [3.63, 3.8) is 0 Å². The van der Waals surface area contributed by atoms with Crippen molar-refractivity contribution in [2.45, 2.75) is 45.2 Å². The minimum atomic E-state index is 0.299. The second-order valence-electron chi connectivity index (χ2n) is 5.69. The molecule has 1 heterocycles. The SMILES string of the molecule is CC(C)NCc1sc(-c2cccc(O)c2)nc1C1CC1. The highest BCUT2D eigenvalue weighted by atomic mass is 32.1. The Kier molecular flexibility index (Phi) is 3.76. The molecule has 1 aromatic carbocycles. The number of benzene rings is 1. The fourth-order valence-corrected chi connectivity index (χ4v) is 3.32. The third-order valence-electron chi connectivity index (χ3n) is 3.46. The van der Waals surface area contributed by atoms with E-state index in [1.165, 1.54) is 23.4 Å². The fourth-order valence-electron chi connectivity index (χ4n) is 2.23. The van der Waals surface area contributed by atoms with Crippen LogP contribution in [0.5, 0.6) is 5.75 Å². The van der Waals surface area contributed by atoms with Gasteiger partial charge in [-0.05, 0) is 25.0 Å². The molecule has 0 atom stereocenters. The van der Waals surface area contributed by atoms with Gasteiger partial charge in [0.15, 0.2) is 0 Å². The fraction of sp³-hybridized carbons (Fsp3) is 0.438. The van der Waals surface area contributed by atoms with Gasteiger partial charge in [-0.15, -0.1) is 11.3 Å². The van der Waals surface area contributed by atoms with Gasteiger partial charge < -0.3 is 10.4 Å². The Hall–Kier alpha value is -1.39. The number of aromatic nitrogens is 1. The van der Waals surface area contributed by atoms with E-state index in [2.05, 4.69) is 19.2 Å². The molecular weight excluding hydrogens is 268 g/mol. The van der Waals surface area contributed by atoms with E-state index >= 15 is 0 Å². The van der Waals surface area contributed by atoms with E-state index in [-0.39, 0.29) is 0 Å². The van der Waals surface area contributed by atoms with Crippen molar-refractivity contribution < 1.29 is 5.11 Å². The zero-order valence-corrected chi connectivity index (χ0v) is 12.7. The summed E-state index contributed by atoms with van der Waals surface area (Å²) in [7, 11) is 0. The number of phenolic OH excluding ortho intramolecular Hbond substituents is 1. The van der Waals surface area contributed by atoms with E-state index in [1.54, 1.807) is 23.5 Å². The standard InChI is InChI=1S/C16H20N2OS/c1-10(2)17-9-14-15(11-6-7-11)18-16(20-14)12-4-3-5-13(19)8-12/h3-5,8,10-11,17,19H,6-7,9H2,1-2H3. The summed E-state index contributed by atoms with van der Waals surface area (Å²) in [6.07, 6.45) is 2.52. The Morgan fingerprint density at radius 2 is 2.20 bits per heavy atom. The van der Waals surface area contributed by atoms with Crippen LogP contribution in [0.25, 0.3) is 10.6 Å². The van der Waals surface area contributed by atoms with Gasteiger partial charge in [-0.25, -0.2) is 4.98 Å². The predicted octanol–water partition coefficient (Wildman–Crippen LogP) is 3.89. The molecule has 1 aliphatic rings. The number of thiazole rings is 1. The number of phenols is 1. The van der Waals surface area contributed by atoms with E-state index in [1.807, 2.05) is 12.1 Å². The van der Waals surface area contributed by atoms with Gasteiger partial charge in [-0.3, -0.25) is 0 Å². The molecule has 1 saturated carbocycles. The Balaban J connectivity index is 1.90. The molecular formula is C16H20N2OS. The summed E-state index contributed by atoms with van der Waals surface area (Å²) in [5, 5.41) is 14.1. The predicted molar refractivity (Wildman–Crippen MR) is 83.2 cm³/mol. The molecule has 0 unspecified atom stereocenters. The Bertz CT molecular complexity index is 602. The summed E-state index contributed by atoms with van der Waals surface area (Å²) in [6.45, 7) is 5.21. The third-order valence-corrected chi connectivity index (χ3v) is 4.58. The lowest BCUT2D eigenvalue weighted by molar-refractivity contribution is 0.475. The number of nitrogens with zero attached hydrogens (tertiary/aromatic N) is 1. The van der Waals surface area contributed by atoms with E-state index in [0.717, 1.165) is 17.1 Å². The molecule has 2 aromatic rings. The van der Waals surface area contributed by atoms with Crippen LogP contribution >= 0.6 is 11.3 Å². The van der Waals surface area contributed by atoms with Gasteiger partial charge in [-0.2, -0.15) is 0 Å². The van der Waals surface area contributed by atoms with Crippen LogP contribution in [-0.2, 0) is 6.54 Å². The number of rotatable bonds is 5. The Morgan fingerprint density at radius 1 is 1.40 bits per heavy atom. The molecule has 1 fully saturated rings. The maximum Gasteiger partial charge on any atom is 0.124 e. The van der Waals surface area contributed by atoms with E-state index in [4.69, 9.17) is 4.98 Å². The average molecular weight is 288 g/mol. The van der Waals surface area contributed by atoms with E-state index < -0.39 is 0 Å². The van der Waals surface area contributed by atoms with Gasteiger partial charge >= 0.3 is 0 Å². The molecule has 0 aliphatic heterocycles. The topological polar surface area (TPSA) is 45.1 Å². The lowest BCUT2D eigenvalue weighted by Crippen LogP contribution is -2.21. The van der Waals surface area contributed by atoms with Gasteiger partial charge in [0.05, 0.1) is 5.69 Å². The minimum absolute atomic E-state index is 0.299. The van der Waals surface area contributed by atoms with Crippen molar-refractivity contribution in [2.75, 3.05) is 0 Å². The normalized spacial score (nSPS) is 14.9. The molecule has 2 N–H and O–H groups in total. The van der Waals surface area contributed by atoms with Crippen LogP contribution in [0.1, 0.15) is 43.2 Å². The van der Waals surface area contributed by atoms with Crippen molar-refractivity contribution in [1.82, 2.24) is 10.3 Å².